The van der Waals surface area contributed by atoms with E-state index in [1.165, 1.54) is 18.4 Å². The normalized spacial score (nSPS) is 13.2. The first-order valence-electron chi connectivity index (χ1n) is 11.6. The highest BCUT2D eigenvalue weighted by atomic mass is 32.1. The highest BCUT2D eigenvalue weighted by molar-refractivity contribution is 7.10. The molecule has 12 nitrogen and oxygen atoms in total. The van der Waals surface area contributed by atoms with E-state index >= 15 is 0 Å². The zero-order valence-corrected chi connectivity index (χ0v) is 22.8. The molecule has 0 unspecified atom stereocenters. The monoisotopic (exact) mass is 533 g/mol. The summed E-state index contributed by atoms with van der Waals surface area (Å²) in [5.41, 5.74) is -0.121. The summed E-state index contributed by atoms with van der Waals surface area (Å²) in [7, 11) is 1.23. The molecule has 0 saturated carbocycles. The number of aromatic nitrogens is 3. The molecule has 37 heavy (non-hydrogen) atoms. The van der Waals surface area contributed by atoms with Crippen LogP contribution in [0.15, 0.2) is 20.5 Å². The Morgan fingerprint density at radius 3 is 2.41 bits per heavy atom. The number of nitrogens with one attached hydrogen (secondary N) is 2. The predicted octanol–water partition coefficient (Wildman–Crippen LogP) is 4.59. The SMILES string of the molecule is COC(=O)c1coc([C@H](C)NC(=O)c2nc(-c3csc([C@@H](NC(=O)OC(C)(C)C)C(C)C)n3)oc2C)n1. The van der Waals surface area contributed by atoms with E-state index in [0.29, 0.717) is 16.5 Å². The first-order chi connectivity index (χ1) is 17.3. The third-order valence-corrected chi connectivity index (χ3v) is 5.92. The smallest absolute Gasteiger partial charge is 0.408 e. The van der Waals surface area contributed by atoms with E-state index in [9.17, 15) is 14.4 Å². The van der Waals surface area contributed by atoms with Gasteiger partial charge in [0, 0.05) is 5.38 Å². The molecule has 3 heterocycles. The van der Waals surface area contributed by atoms with Crippen LogP contribution in [0.4, 0.5) is 4.79 Å². The van der Waals surface area contributed by atoms with Gasteiger partial charge in [-0.3, -0.25) is 4.79 Å². The Labute approximate surface area is 218 Å². The van der Waals surface area contributed by atoms with Crippen LogP contribution in [0.3, 0.4) is 0 Å². The van der Waals surface area contributed by atoms with E-state index in [2.05, 4.69) is 30.3 Å². The molecule has 0 spiro atoms. The number of methoxy groups -OCH3 is 1. The number of hydrogen-bond donors (Lipinski definition) is 2. The highest BCUT2D eigenvalue weighted by Crippen LogP contribution is 2.30. The van der Waals surface area contributed by atoms with Gasteiger partial charge < -0.3 is 28.9 Å². The molecule has 200 valence electrons. The van der Waals surface area contributed by atoms with E-state index < -0.39 is 29.6 Å². The zero-order valence-electron chi connectivity index (χ0n) is 22.0. The second-order valence-corrected chi connectivity index (χ2v) is 10.5. The van der Waals surface area contributed by atoms with Crippen molar-refractivity contribution in [3.05, 3.63) is 39.7 Å². The van der Waals surface area contributed by atoms with E-state index in [-0.39, 0.29) is 35.1 Å². The minimum absolute atomic E-state index is 0.00121. The second kappa shape index (κ2) is 11.1. The number of carbonyl (C=O) groups excluding carboxylic acids is 3. The molecule has 3 rings (SSSR count). The van der Waals surface area contributed by atoms with Crippen LogP contribution in [-0.4, -0.2) is 45.6 Å². The van der Waals surface area contributed by atoms with Crippen LogP contribution in [0.5, 0.6) is 0 Å². The maximum Gasteiger partial charge on any atom is 0.408 e. The Morgan fingerprint density at radius 2 is 1.78 bits per heavy atom. The first kappa shape index (κ1) is 27.8. The Kier molecular flexibility index (Phi) is 8.36. The van der Waals surface area contributed by atoms with Gasteiger partial charge >= 0.3 is 12.1 Å². The molecule has 0 bridgehead atoms. The van der Waals surface area contributed by atoms with Crippen LogP contribution in [0.1, 0.15) is 91.3 Å². The Morgan fingerprint density at radius 1 is 1.08 bits per heavy atom. The van der Waals surface area contributed by atoms with E-state index in [1.807, 2.05) is 13.8 Å². The molecule has 3 aromatic rings. The quantitative estimate of drug-likeness (QED) is 0.392. The minimum atomic E-state index is -0.651. The minimum Gasteiger partial charge on any atom is -0.464 e. The summed E-state index contributed by atoms with van der Waals surface area (Å²) in [5, 5.41) is 7.98. The van der Waals surface area contributed by atoms with Crippen molar-refractivity contribution in [3.8, 4) is 11.6 Å². The largest absolute Gasteiger partial charge is 0.464 e. The average molecular weight is 534 g/mol. The van der Waals surface area contributed by atoms with Crippen molar-refractivity contribution in [1.82, 2.24) is 25.6 Å². The zero-order chi connectivity index (χ0) is 27.5. The van der Waals surface area contributed by atoms with E-state index in [1.54, 1.807) is 40.0 Å². The summed E-state index contributed by atoms with van der Waals surface area (Å²) in [6.07, 6.45) is 0.623. The maximum absolute atomic E-state index is 12.9. The van der Waals surface area contributed by atoms with Crippen molar-refractivity contribution in [3.63, 3.8) is 0 Å². The molecule has 0 aromatic carbocycles. The highest BCUT2D eigenvalue weighted by Gasteiger charge is 2.27. The fraction of sp³-hybridized carbons (Fsp3) is 0.500. The molecular weight excluding hydrogens is 502 g/mol. The number of alkyl carbamates (subject to hydrolysis) is 1. The molecule has 0 aliphatic heterocycles. The number of thiazole rings is 1. The standard InChI is InChI=1S/C24H31N5O7S/c1-11(2)16(29-23(32)36-24(5,6)7)21-27-15(10-37-21)20-28-17(13(4)35-20)18(30)25-12(3)19-26-14(9-34-19)22(31)33-8/h9-12,16H,1-8H3,(H,25,30)(H,29,32)/t12-,16-/m0/s1. The average Bonchev–Trinajstić information content (AvgIpc) is 3.54. The van der Waals surface area contributed by atoms with Gasteiger partial charge in [-0.1, -0.05) is 13.8 Å². The third-order valence-electron chi connectivity index (χ3n) is 4.99. The lowest BCUT2D eigenvalue weighted by Crippen LogP contribution is -2.36. The fourth-order valence-corrected chi connectivity index (χ4v) is 4.22. The first-order valence-corrected chi connectivity index (χ1v) is 12.4. The lowest BCUT2D eigenvalue weighted by atomic mass is 10.1. The molecule has 2 amide bonds. The van der Waals surface area contributed by atoms with Crippen molar-refractivity contribution in [1.29, 1.82) is 0 Å². The van der Waals surface area contributed by atoms with Gasteiger partial charge in [0.1, 0.15) is 34.4 Å². The van der Waals surface area contributed by atoms with Gasteiger partial charge in [0.05, 0.1) is 13.2 Å². The fourth-order valence-electron chi connectivity index (χ4n) is 3.20. The number of oxazole rings is 2. The number of nitrogens with zero attached hydrogens (tertiary/aromatic N) is 3. The van der Waals surface area contributed by atoms with Gasteiger partial charge in [-0.05, 0) is 40.5 Å². The number of ether oxygens (including phenoxy) is 2. The van der Waals surface area contributed by atoms with Crippen molar-refractivity contribution in [2.75, 3.05) is 7.11 Å². The van der Waals surface area contributed by atoms with Crippen LogP contribution in [-0.2, 0) is 9.47 Å². The number of esters is 1. The molecule has 13 heteroatoms. The maximum atomic E-state index is 12.9. The summed E-state index contributed by atoms with van der Waals surface area (Å²) in [6, 6.07) is -1.04. The summed E-state index contributed by atoms with van der Waals surface area (Å²) in [6.45, 7) is 12.6. The summed E-state index contributed by atoms with van der Waals surface area (Å²) in [4.78, 5) is 49.7. The molecule has 0 radical (unpaired) electrons. The van der Waals surface area contributed by atoms with Crippen molar-refractivity contribution in [2.45, 2.75) is 66.2 Å². The second-order valence-electron chi connectivity index (χ2n) is 9.62. The molecular formula is C24H31N5O7S. The van der Waals surface area contributed by atoms with Gasteiger partial charge in [-0.25, -0.2) is 24.5 Å². The Balaban J connectivity index is 1.73. The van der Waals surface area contributed by atoms with Crippen molar-refractivity contribution >= 4 is 29.3 Å². The molecule has 2 atom stereocenters. The molecule has 0 saturated heterocycles. The summed E-state index contributed by atoms with van der Waals surface area (Å²) < 4.78 is 21.0. The van der Waals surface area contributed by atoms with Crippen LogP contribution in [0.25, 0.3) is 11.6 Å². The number of carbonyl (C=O) groups is 3. The topological polar surface area (TPSA) is 159 Å². The van der Waals surface area contributed by atoms with Crippen molar-refractivity contribution in [2.24, 2.45) is 5.92 Å². The van der Waals surface area contributed by atoms with Gasteiger partial charge in [0.25, 0.3) is 5.91 Å². The molecule has 2 N–H and O–H groups in total. The predicted molar refractivity (Wildman–Crippen MR) is 133 cm³/mol. The lowest BCUT2D eigenvalue weighted by molar-refractivity contribution is 0.0488. The number of rotatable bonds is 8. The van der Waals surface area contributed by atoms with Gasteiger partial charge in [0.2, 0.25) is 11.8 Å². The van der Waals surface area contributed by atoms with Crippen LogP contribution < -0.4 is 10.6 Å². The third kappa shape index (κ3) is 6.94. The van der Waals surface area contributed by atoms with Crippen LogP contribution in [0.2, 0.25) is 0 Å². The molecule has 0 fully saturated rings. The van der Waals surface area contributed by atoms with Crippen LogP contribution in [0, 0.1) is 12.8 Å². The Bertz CT molecular complexity index is 1270. The van der Waals surface area contributed by atoms with E-state index in [4.69, 9.17) is 13.6 Å². The number of aryl methyl sites for hydroxylation is 1. The molecule has 3 aromatic heterocycles. The summed E-state index contributed by atoms with van der Waals surface area (Å²) in [5.74, 6) is -0.521. The summed E-state index contributed by atoms with van der Waals surface area (Å²) >= 11 is 1.34. The van der Waals surface area contributed by atoms with Gasteiger partial charge in [-0.2, -0.15) is 0 Å². The molecule has 0 aliphatic carbocycles. The van der Waals surface area contributed by atoms with Crippen LogP contribution >= 0.6 is 11.3 Å². The lowest BCUT2D eigenvalue weighted by Gasteiger charge is -2.24. The number of amides is 2. The van der Waals surface area contributed by atoms with Crippen molar-refractivity contribution < 1.29 is 32.7 Å². The van der Waals surface area contributed by atoms with E-state index in [0.717, 1.165) is 6.26 Å². The van der Waals surface area contributed by atoms with Gasteiger partial charge in [-0.15, -0.1) is 11.3 Å². The molecule has 0 aliphatic rings. The number of hydrogen-bond acceptors (Lipinski definition) is 11. The van der Waals surface area contributed by atoms with Gasteiger partial charge in [0.15, 0.2) is 11.4 Å². The Hall–Kier alpha value is -3.74.